The summed E-state index contributed by atoms with van der Waals surface area (Å²) in [6.45, 7) is 4.25. The average Bonchev–Trinajstić information content (AvgIpc) is 2.46. The fourth-order valence-electron chi connectivity index (χ4n) is 1.75. The van der Waals surface area contributed by atoms with Gasteiger partial charge in [0, 0.05) is 6.54 Å². The van der Waals surface area contributed by atoms with Crippen LogP contribution in [0.1, 0.15) is 25.5 Å². The van der Waals surface area contributed by atoms with Crippen LogP contribution >= 0.6 is 11.6 Å². The van der Waals surface area contributed by atoms with Crippen molar-refractivity contribution in [2.24, 2.45) is 0 Å². The van der Waals surface area contributed by atoms with Gasteiger partial charge in [0.25, 0.3) is 0 Å². The van der Waals surface area contributed by atoms with E-state index in [4.69, 9.17) is 16.3 Å². The third-order valence-electron chi connectivity index (χ3n) is 2.71. The average molecular weight is 308 g/mol. The van der Waals surface area contributed by atoms with E-state index in [-0.39, 0.29) is 6.10 Å². The minimum absolute atomic E-state index is 0.129. The molecule has 0 fully saturated rings. The summed E-state index contributed by atoms with van der Waals surface area (Å²) >= 11 is 5.71. The molecule has 6 heteroatoms. The highest BCUT2D eigenvalue weighted by Crippen LogP contribution is 2.19. The van der Waals surface area contributed by atoms with Gasteiger partial charge in [-0.15, -0.1) is 0 Å². The van der Waals surface area contributed by atoms with Gasteiger partial charge in [0.1, 0.15) is 5.75 Å². The molecule has 0 saturated heterocycles. The number of rotatable bonds is 6. The number of nitrogens with zero attached hydrogens (tertiary/aromatic N) is 2. The Balaban J connectivity index is 1.90. The summed E-state index contributed by atoms with van der Waals surface area (Å²) in [6.07, 6.45) is 2.48. The second kappa shape index (κ2) is 7.24. The fourth-order valence-corrected chi connectivity index (χ4v) is 1.85. The Morgan fingerprint density at radius 3 is 2.38 bits per heavy atom. The smallest absolute Gasteiger partial charge is 0.222 e. The van der Waals surface area contributed by atoms with E-state index in [1.807, 2.05) is 38.1 Å². The van der Waals surface area contributed by atoms with Gasteiger partial charge in [0.15, 0.2) is 0 Å². The highest BCUT2D eigenvalue weighted by molar-refractivity contribution is 6.30. The second-order valence-electron chi connectivity index (χ2n) is 4.86. The van der Waals surface area contributed by atoms with Gasteiger partial charge in [-0.1, -0.05) is 23.7 Å². The Morgan fingerprint density at radius 2 is 1.81 bits per heavy atom. The van der Waals surface area contributed by atoms with Crippen molar-refractivity contribution in [3.63, 3.8) is 0 Å². The molecule has 2 rings (SSSR count). The molecule has 0 spiro atoms. The second-order valence-corrected chi connectivity index (χ2v) is 5.29. The van der Waals surface area contributed by atoms with Crippen molar-refractivity contribution in [3.05, 3.63) is 47.2 Å². The fraction of sp³-hybridized carbons (Fsp3) is 0.333. The maximum absolute atomic E-state index is 10.1. The molecule has 1 aromatic carbocycles. The number of hydrogen-bond acceptors (Lipinski definition) is 5. The lowest BCUT2D eigenvalue weighted by molar-refractivity contribution is 0.191. The minimum atomic E-state index is -0.655. The quantitative estimate of drug-likeness (QED) is 0.858. The van der Waals surface area contributed by atoms with Crippen LogP contribution in [0, 0.1) is 0 Å². The molecular weight excluding hydrogens is 290 g/mol. The molecule has 5 nitrogen and oxygen atoms in total. The first kappa shape index (κ1) is 15.5. The van der Waals surface area contributed by atoms with Crippen LogP contribution in [0.3, 0.4) is 0 Å². The number of ether oxygens (including phenoxy) is 1. The first-order valence-electron chi connectivity index (χ1n) is 6.70. The van der Waals surface area contributed by atoms with E-state index in [0.717, 1.165) is 11.3 Å². The molecule has 0 unspecified atom stereocenters. The zero-order valence-corrected chi connectivity index (χ0v) is 12.7. The first-order chi connectivity index (χ1) is 10.0. The predicted molar refractivity (Wildman–Crippen MR) is 82.7 cm³/mol. The molecule has 0 aliphatic carbocycles. The molecule has 21 heavy (non-hydrogen) atoms. The molecule has 2 N–H and O–H groups in total. The molecule has 0 aliphatic heterocycles. The first-order valence-corrected chi connectivity index (χ1v) is 7.08. The number of nitrogens with one attached hydrogen (secondary N) is 1. The van der Waals surface area contributed by atoms with Gasteiger partial charge >= 0.3 is 0 Å². The molecule has 0 aliphatic rings. The van der Waals surface area contributed by atoms with E-state index in [2.05, 4.69) is 15.3 Å². The number of aliphatic hydroxyl groups is 1. The lowest BCUT2D eigenvalue weighted by atomic mass is 10.1. The zero-order valence-electron chi connectivity index (χ0n) is 12.0. The summed E-state index contributed by atoms with van der Waals surface area (Å²) in [5.74, 6) is 1.22. The third kappa shape index (κ3) is 4.88. The van der Waals surface area contributed by atoms with Crippen LogP contribution in [0.15, 0.2) is 36.7 Å². The predicted octanol–water partition coefficient (Wildman–Crippen LogP) is 3.06. The Labute approximate surface area is 129 Å². The van der Waals surface area contributed by atoms with Gasteiger partial charge in [-0.2, -0.15) is 0 Å². The van der Waals surface area contributed by atoms with E-state index < -0.39 is 6.10 Å². The van der Waals surface area contributed by atoms with Crippen molar-refractivity contribution in [3.8, 4) is 5.75 Å². The Morgan fingerprint density at radius 1 is 1.19 bits per heavy atom. The largest absolute Gasteiger partial charge is 0.491 e. The Kier molecular flexibility index (Phi) is 5.36. The van der Waals surface area contributed by atoms with Gasteiger partial charge in [-0.05, 0) is 31.5 Å². The molecule has 0 radical (unpaired) electrons. The number of halogens is 1. The Hall–Kier alpha value is -1.85. The summed E-state index contributed by atoms with van der Waals surface area (Å²) in [7, 11) is 0. The molecular formula is C15H18ClN3O2. The third-order valence-corrected chi connectivity index (χ3v) is 2.91. The highest BCUT2D eigenvalue weighted by Gasteiger charge is 2.08. The maximum atomic E-state index is 10.1. The van der Waals surface area contributed by atoms with Gasteiger partial charge in [-0.3, -0.25) is 0 Å². The number of aromatic nitrogens is 2. The SMILES string of the molecule is CC(C)Oc1ccc([C@H](O)CNc2ncc(Cl)cn2)cc1. The molecule has 112 valence electrons. The van der Waals surface area contributed by atoms with Crippen LogP contribution in [0.4, 0.5) is 5.95 Å². The van der Waals surface area contributed by atoms with Crippen LogP contribution in [0.25, 0.3) is 0 Å². The summed E-state index contributed by atoms with van der Waals surface area (Å²) in [4.78, 5) is 8.01. The standard InChI is InChI=1S/C15H18ClN3O2/c1-10(2)21-13-5-3-11(4-6-13)14(20)9-19-15-17-7-12(16)8-18-15/h3-8,10,14,20H,9H2,1-2H3,(H,17,18,19)/t14-/m1/s1. The van der Waals surface area contributed by atoms with Crippen molar-refractivity contribution in [1.82, 2.24) is 9.97 Å². The van der Waals surface area contributed by atoms with Crippen LogP contribution in [-0.2, 0) is 0 Å². The van der Waals surface area contributed by atoms with E-state index in [9.17, 15) is 5.11 Å². The number of anilines is 1. The van der Waals surface area contributed by atoms with Gasteiger partial charge < -0.3 is 15.2 Å². The van der Waals surface area contributed by atoms with Crippen molar-refractivity contribution in [1.29, 1.82) is 0 Å². The van der Waals surface area contributed by atoms with E-state index in [1.54, 1.807) is 0 Å². The van der Waals surface area contributed by atoms with Gasteiger partial charge in [-0.25, -0.2) is 9.97 Å². The molecule has 1 heterocycles. The minimum Gasteiger partial charge on any atom is -0.491 e. The topological polar surface area (TPSA) is 67.3 Å². The summed E-state index contributed by atoms with van der Waals surface area (Å²) in [6, 6.07) is 7.37. The van der Waals surface area contributed by atoms with E-state index in [0.29, 0.717) is 17.5 Å². The zero-order chi connectivity index (χ0) is 15.2. The van der Waals surface area contributed by atoms with Gasteiger partial charge in [0.05, 0.1) is 29.6 Å². The number of aliphatic hydroxyl groups excluding tert-OH is 1. The van der Waals surface area contributed by atoms with E-state index in [1.165, 1.54) is 12.4 Å². The van der Waals surface area contributed by atoms with Crippen LogP contribution in [0.2, 0.25) is 5.02 Å². The molecule has 2 aromatic rings. The normalized spacial score (nSPS) is 12.2. The van der Waals surface area contributed by atoms with Crippen molar-refractivity contribution >= 4 is 17.5 Å². The number of hydrogen-bond donors (Lipinski definition) is 2. The van der Waals surface area contributed by atoms with E-state index >= 15 is 0 Å². The lowest BCUT2D eigenvalue weighted by Gasteiger charge is -2.14. The van der Waals surface area contributed by atoms with Crippen LogP contribution in [0.5, 0.6) is 5.75 Å². The molecule has 0 bridgehead atoms. The summed E-state index contributed by atoms with van der Waals surface area (Å²) in [5.41, 5.74) is 0.799. The Bertz CT molecular complexity index is 558. The highest BCUT2D eigenvalue weighted by atomic mass is 35.5. The summed E-state index contributed by atoms with van der Waals surface area (Å²) < 4.78 is 5.56. The molecule has 1 atom stereocenters. The van der Waals surface area contributed by atoms with Crippen molar-refractivity contribution in [2.75, 3.05) is 11.9 Å². The van der Waals surface area contributed by atoms with Crippen LogP contribution in [-0.4, -0.2) is 27.7 Å². The van der Waals surface area contributed by atoms with Crippen molar-refractivity contribution < 1.29 is 9.84 Å². The molecule has 0 amide bonds. The molecule has 1 aromatic heterocycles. The van der Waals surface area contributed by atoms with Gasteiger partial charge in [0.2, 0.25) is 5.95 Å². The van der Waals surface area contributed by atoms with Crippen LogP contribution < -0.4 is 10.1 Å². The molecule has 0 saturated carbocycles. The summed E-state index contributed by atoms with van der Waals surface area (Å²) in [5, 5.41) is 13.6. The lowest BCUT2D eigenvalue weighted by Crippen LogP contribution is -2.14. The monoisotopic (exact) mass is 307 g/mol. The number of benzene rings is 1. The van der Waals surface area contributed by atoms with Crippen molar-refractivity contribution in [2.45, 2.75) is 26.1 Å². The maximum Gasteiger partial charge on any atom is 0.222 e.